The zero-order valence-electron chi connectivity index (χ0n) is 14.2. The van der Waals surface area contributed by atoms with Crippen LogP contribution in [0.25, 0.3) is 10.8 Å². The van der Waals surface area contributed by atoms with E-state index in [0.717, 1.165) is 32.3 Å². The van der Waals surface area contributed by atoms with Crippen LogP contribution in [0.15, 0.2) is 46.9 Å². The topological polar surface area (TPSA) is 20.2 Å². The third-order valence-electron chi connectivity index (χ3n) is 4.83. The van der Waals surface area contributed by atoms with E-state index >= 15 is 0 Å². The predicted octanol–water partition coefficient (Wildman–Crippen LogP) is 7.10. The Bertz CT molecular complexity index is 935. The van der Waals surface area contributed by atoms with E-state index in [2.05, 4.69) is 60.1 Å². The fourth-order valence-corrected chi connectivity index (χ4v) is 6.51. The predicted molar refractivity (Wildman–Crippen MR) is 115 cm³/mol. The van der Waals surface area contributed by atoms with Crippen LogP contribution in [0, 0.1) is 13.8 Å². The molecule has 0 bridgehead atoms. The summed E-state index contributed by atoms with van der Waals surface area (Å²) in [5.74, 6) is 2.37. The number of aryl methyl sites for hydroxylation is 2. The van der Waals surface area contributed by atoms with Crippen LogP contribution in [0.1, 0.15) is 32.4 Å². The monoisotopic (exact) mass is 430 g/mol. The molecule has 1 heterocycles. The Morgan fingerprint density at radius 3 is 2.20 bits per heavy atom. The van der Waals surface area contributed by atoms with Gasteiger partial charge in [-0.3, -0.25) is 0 Å². The Hall–Kier alpha value is -1.10. The van der Waals surface area contributed by atoms with Gasteiger partial charge in [-0.25, -0.2) is 0 Å². The van der Waals surface area contributed by atoms with Gasteiger partial charge in [-0.1, -0.05) is 40.2 Å². The van der Waals surface area contributed by atoms with Crippen LogP contribution in [0.5, 0.6) is 5.75 Å². The first-order chi connectivity index (χ1) is 12.0. The van der Waals surface area contributed by atoms with E-state index in [0.29, 0.717) is 5.75 Å². The quantitative estimate of drug-likeness (QED) is 0.444. The summed E-state index contributed by atoms with van der Waals surface area (Å²) < 4.78 is 1.30. The first-order valence-electron chi connectivity index (χ1n) is 8.26. The summed E-state index contributed by atoms with van der Waals surface area (Å²) >= 11 is 7.38. The number of rotatable bonds is 1. The minimum atomic E-state index is 0.234. The van der Waals surface area contributed by atoms with E-state index in [1.807, 2.05) is 35.7 Å². The van der Waals surface area contributed by atoms with Crippen LogP contribution < -0.4 is 0 Å². The SMILES string of the molecule is Cc1cc2c(cc1C)CSC(c1c(O)ccc3cc(Br)ccc13)SC2. The van der Waals surface area contributed by atoms with Gasteiger partial charge in [0, 0.05) is 21.5 Å². The molecule has 1 nitrogen and oxygen atoms in total. The Balaban J connectivity index is 1.74. The van der Waals surface area contributed by atoms with Gasteiger partial charge in [0.25, 0.3) is 0 Å². The highest BCUT2D eigenvalue weighted by atomic mass is 79.9. The van der Waals surface area contributed by atoms with Crippen LogP contribution in [-0.2, 0) is 11.5 Å². The van der Waals surface area contributed by atoms with Gasteiger partial charge in [0.15, 0.2) is 0 Å². The van der Waals surface area contributed by atoms with Gasteiger partial charge in [0.05, 0.1) is 4.58 Å². The second-order valence-electron chi connectivity index (χ2n) is 6.52. The smallest absolute Gasteiger partial charge is 0.121 e. The fraction of sp³-hybridized carbons (Fsp3) is 0.238. The van der Waals surface area contributed by atoms with E-state index in [4.69, 9.17) is 0 Å². The van der Waals surface area contributed by atoms with Crippen molar-refractivity contribution in [1.82, 2.24) is 0 Å². The fourth-order valence-electron chi connectivity index (χ4n) is 3.31. The van der Waals surface area contributed by atoms with Gasteiger partial charge < -0.3 is 5.11 Å². The lowest BCUT2D eigenvalue weighted by atomic mass is 10.0. The zero-order chi connectivity index (χ0) is 17.6. The second-order valence-corrected chi connectivity index (χ2v) is 9.92. The van der Waals surface area contributed by atoms with Crippen molar-refractivity contribution in [3.8, 4) is 5.75 Å². The molecule has 0 saturated heterocycles. The molecular weight excluding hydrogens is 412 g/mol. The highest BCUT2D eigenvalue weighted by molar-refractivity contribution is 9.10. The van der Waals surface area contributed by atoms with Gasteiger partial charge in [-0.15, -0.1) is 23.5 Å². The third kappa shape index (κ3) is 3.32. The molecule has 1 N–H and O–H groups in total. The summed E-state index contributed by atoms with van der Waals surface area (Å²) in [6, 6.07) is 14.8. The molecule has 25 heavy (non-hydrogen) atoms. The average molecular weight is 431 g/mol. The molecule has 0 radical (unpaired) electrons. The summed E-state index contributed by atoms with van der Waals surface area (Å²) in [5, 5.41) is 12.9. The lowest BCUT2D eigenvalue weighted by Gasteiger charge is -2.18. The Labute approximate surface area is 165 Å². The molecular formula is C21H19BrOS2. The van der Waals surface area contributed by atoms with Gasteiger partial charge in [-0.05, 0) is 65.1 Å². The zero-order valence-corrected chi connectivity index (χ0v) is 17.4. The molecule has 3 aromatic rings. The Morgan fingerprint density at radius 2 is 1.56 bits per heavy atom. The van der Waals surface area contributed by atoms with Gasteiger partial charge >= 0.3 is 0 Å². The minimum Gasteiger partial charge on any atom is -0.508 e. The molecule has 0 atom stereocenters. The van der Waals surface area contributed by atoms with Crippen molar-refractivity contribution in [2.24, 2.45) is 0 Å². The molecule has 1 aliphatic rings. The highest BCUT2D eigenvalue weighted by Crippen LogP contribution is 2.51. The molecule has 0 unspecified atom stereocenters. The molecule has 0 aliphatic carbocycles. The number of halogens is 1. The number of phenols is 1. The van der Waals surface area contributed by atoms with Crippen LogP contribution in [0.3, 0.4) is 0 Å². The van der Waals surface area contributed by atoms with E-state index in [1.54, 1.807) is 0 Å². The maximum Gasteiger partial charge on any atom is 0.121 e. The summed E-state index contributed by atoms with van der Waals surface area (Å²) in [7, 11) is 0. The van der Waals surface area contributed by atoms with Gasteiger partial charge in [0.1, 0.15) is 5.75 Å². The molecule has 0 spiro atoms. The molecule has 4 rings (SSSR count). The molecule has 0 aromatic heterocycles. The average Bonchev–Trinajstić information content (AvgIpc) is 2.78. The first kappa shape index (κ1) is 17.3. The summed E-state index contributed by atoms with van der Waals surface area (Å²) in [6.07, 6.45) is 0. The van der Waals surface area contributed by atoms with E-state index < -0.39 is 0 Å². The highest BCUT2D eigenvalue weighted by Gasteiger charge is 2.23. The molecule has 128 valence electrons. The number of aromatic hydroxyl groups is 1. The van der Waals surface area contributed by atoms with E-state index in [-0.39, 0.29) is 4.58 Å². The van der Waals surface area contributed by atoms with E-state index in [1.165, 1.54) is 22.3 Å². The van der Waals surface area contributed by atoms with Gasteiger partial charge in [0.2, 0.25) is 0 Å². The van der Waals surface area contributed by atoms with Crippen molar-refractivity contribution >= 4 is 50.2 Å². The number of benzene rings is 3. The van der Waals surface area contributed by atoms with Gasteiger partial charge in [-0.2, -0.15) is 0 Å². The van der Waals surface area contributed by atoms with Crippen molar-refractivity contribution in [3.05, 3.63) is 74.8 Å². The number of phenolic OH excluding ortho intramolecular Hbond substituents is 1. The molecule has 4 heteroatoms. The van der Waals surface area contributed by atoms with Crippen molar-refractivity contribution < 1.29 is 5.11 Å². The summed E-state index contributed by atoms with van der Waals surface area (Å²) in [4.78, 5) is 0. The van der Waals surface area contributed by atoms with Crippen LogP contribution in [-0.4, -0.2) is 5.11 Å². The number of hydrogen-bond donors (Lipinski definition) is 1. The lowest BCUT2D eigenvalue weighted by Crippen LogP contribution is -1.92. The maximum atomic E-state index is 10.6. The first-order valence-corrected chi connectivity index (χ1v) is 11.2. The number of fused-ring (bicyclic) bond motifs is 2. The standard InChI is InChI=1S/C21H19BrOS2/c1-12-7-15-10-24-21(25-11-16(15)8-13(12)2)20-18-5-4-17(22)9-14(18)3-6-19(20)23/h3-9,21,23H,10-11H2,1-2H3. The minimum absolute atomic E-state index is 0.234. The lowest BCUT2D eigenvalue weighted by molar-refractivity contribution is 0.471. The van der Waals surface area contributed by atoms with Crippen LogP contribution in [0.2, 0.25) is 0 Å². The van der Waals surface area contributed by atoms with Crippen molar-refractivity contribution in [2.45, 2.75) is 29.9 Å². The summed E-state index contributed by atoms with van der Waals surface area (Å²) in [6.45, 7) is 4.37. The van der Waals surface area contributed by atoms with Crippen molar-refractivity contribution in [1.29, 1.82) is 0 Å². The van der Waals surface area contributed by atoms with Crippen LogP contribution in [0.4, 0.5) is 0 Å². The maximum absolute atomic E-state index is 10.6. The van der Waals surface area contributed by atoms with Crippen molar-refractivity contribution in [3.63, 3.8) is 0 Å². The largest absolute Gasteiger partial charge is 0.508 e. The molecule has 0 fully saturated rings. The molecule has 0 amide bonds. The Morgan fingerprint density at radius 1 is 0.920 bits per heavy atom. The third-order valence-corrected chi connectivity index (χ3v) is 8.17. The number of hydrogen-bond acceptors (Lipinski definition) is 3. The summed E-state index contributed by atoms with van der Waals surface area (Å²) in [5.41, 5.74) is 6.65. The van der Waals surface area contributed by atoms with Crippen molar-refractivity contribution in [2.75, 3.05) is 0 Å². The molecule has 0 saturated carbocycles. The van der Waals surface area contributed by atoms with Crippen LogP contribution >= 0.6 is 39.5 Å². The molecule has 3 aromatic carbocycles. The molecule has 1 aliphatic heterocycles. The normalized spacial score (nSPS) is 15.2. The Kier molecular flexibility index (Phi) is 4.78. The second kappa shape index (κ2) is 6.90. The number of thioether (sulfide) groups is 2. The van der Waals surface area contributed by atoms with E-state index in [9.17, 15) is 5.11 Å².